The summed E-state index contributed by atoms with van der Waals surface area (Å²) in [6.07, 6.45) is 18.9. The van der Waals surface area contributed by atoms with Crippen molar-refractivity contribution in [3.8, 4) is 0 Å². The van der Waals surface area contributed by atoms with Gasteiger partial charge in [-0.2, -0.15) is 0 Å². The van der Waals surface area contributed by atoms with Gasteiger partial charge in [-0.25, -0.2) is 0 Å². The van der Waals surface area contributed by atoms with Crippen LogP contribution in [0.1, 0.15) is 89.0 Å². The van der Waals surface area contributed by atoms with Gasteiger partial charge in [0.25, 0.3) is 0 Å². The van der Waals surface area contributed by atoms with Crippen LogP contribution in [0, 0.1) is 11.3 Å². The van der Waals surface area contributed by atoms with Gasteiger partial charge in [-0.1, -0.05) is 31.4 Å². The van der Waals surface area contributed by atoms with Gasteiger partial charge in [-0.15, -0.1) is 0 Å². The fourth-order valence-electron chi connectivity index (χ4n) is 7.83. The molecular formula is C29H45N3. The first-order valence-corrected chi connectivity index (χ1v) is 14.1. The summed E-state index contributed by atoms with van der Waals surface area (Å²) >= 11 is 0. The molecule has 2 unspecified atom stereocenters. The van der Waals surface area contributed by atoms with E-state index in [1.54, 1.807) is 0 Å². The van der Waals surface area contributed by atoms with Crippen molar-refractivity contribution in [2.24, 2.45) is 11.3 Å². The molecule has 6 rings (SSSR count). The minimum Gasteiger partial charge on any atom is -0.371 e. The summed E-state index contributed by atoms with van der Waals surface area (Å²) in [5, 5.41) is 0. The van der Waals surface area contributed by atoms with Gasteiger partial charge in [-0.3, -0.25) is 4.90 Å². The van der Waals surface area contributed by atoms with E-state index in [1.807, 2.05) is 0 Å². The van der Waals surface area contributed by atoms with E-state index in [-0.39, 0.29) is 0 Å². The van der Waals surface area contributed by atoms with E-state index in [9.17, 15) is 0 Å². The van der Waals surface area contributed by atoms with Crippen molar-refractivity contribution in [1.29, 1.82) is 0 Å². The first kappa shape index (κ1) is 21.5. The summed E-state index contributed by atoms with van der Waals surface area (Å²) in [7, 11) is 0. The van der Waals surface area contributed by atoms with Crippen LogP contribution in [0.5, 0.6) is 0 Å². The maximum absolute atomic E-state index is 2.82. The highest BCUT2D eigenvalue weighted by molar-refractivity contribution is 5.48. The van der Waals surface area contributed by atoms with Gasteiger partial charge in [0.2, 0.25) is 0 Å². The summed E-state index contributed by atoms with van der Waals surface area (Å²) in [6, 6.07) is 11.5. The smallest absolute Gasteiger partial charge is 0.0366 e. The molecule has 2 aliphatic carbocycles. The van der Waals surface area contributed by atoms with Gasteiger partial charge >= 0.3 is 0 Å². The van der Waals surface area contributed by atoms with Crippen LogP contribution < -0.4 is 4.90 Å². The standard InChI is InChI=1S/C29H45N3/c1-2-9-28-25(5-1)6-4-18-32(28)23-24-10-12-27(13-11-24)31-21-16-29(17-22-31)14-19-30(20-15-29)26-7-3-8-26/h10-13,25-26,28H,1-9,14-23H2. The molecular weight excluding hydrogens is 390 g/mol. The van der Waals surface area contributed by atoms with Crippen molar-refractivity contribution in [2.75, 3.05) is 37.6 Å². The fraction of sp³-hybridized carbons (Fsp3) is 0.793. The summed E-state index contributed by atoms with van der Waals surface area (Å²) < 4.78 is 0. The Morgan fingerprint density at radius 1 is 0.688 bits per heavy atom. The second kappa shape index (κ2) is 9.29. The molecule has 0 aromatic heterocycles. The zero-order valence-electron chi connectivity index (χ0n) is 20.3. The minimum atomic E-state index is 0.654. The largest absolute Gasteiger partial charge is 0.371 e. The van der Waals surface area contributed by atoms with Crippen molar-refractivity contribution >= 4 is 5.69 Å². The number of nitrogens with zero attached hydrogens (tertiary/aromatic N) is 3. The maximum Gasteiger partial charge on any atom is 0.0366 e. The van der Waals surface area contributed by atoms with Crippen molar-refractivity contribution in [2.45, 2.75) is 102 Å². The van der Waals surface area contributed by atoms with E-state index in [0.717, 1.165) is 18.0 Å². The third-order valence-electron chi connectivity index (χ3n) is 10.3. The van der Waals surface area contributed by atoms with Gasteiger partial charge in [0.1, 0.15) is 0 Å². The molecule has 1 spiro atoms. The number of rotatable bonds is 4. The van der Waals surface area contributed by atoms with Crippen LogP contribution in [-0.2, 0) is 6.54 Å². The van der Waals surface area contributed by atoms with E-state index in [1.165, 1.54) is 134 Å². The molecule has 3 nitrogen and oxygen atoms in total. The number of benzene rings is 1. The molecule has 32 heavy (non-hydrogen) atoms. The molecule has 0 radical (unpaired) electrons. The molecule has 3 heteroatoms. The zero-order valence-corrected chi connectivity index (χ0v) is 20.3. The second-order valence-electron chi connectivity index (χ2n) is 12.0. The van der Waals surface area contributed by atoms with E-state index < -0.39 is 0 Å². The van der Waals surface area contributed by atoms with Crippen molar-refractivity contribution in [1.82, 2.24) is 9.80 Å². The van der Waals surface area contributed by atoms with Gasteiger partial charge in [0.05, 0.1) is 0 Å². The number of anilines is 1. The van der Waals surface area contributed by atoms with Crippen LogP contribution in [-0.4, -0.2) is 54.6 Å². The highest BCUT2D eigenvalue weighted by atomic mass is 15.2. The van der Waals surface area contributed by atoms with Crippen LogP contribution in [0.2, 0.25) is 0 Å². The third kappa shape index (κ3) is 4.37. The number of likely N-dealkylation sites (tertiary alicyclic amines) is 2. The van der Waals surface area contributed by atoms with Gasteiger partial charge in [0.15, 0.2) is 0 Å². The third-order valence-corrected chi connectivity index (χ3v) is 10.3. The summed E-state index contributed by atoms with van der Waals surface area (Å²) in [6.45, 7) is 7.75. The molecule has 0 N–H and O–H groups in total. The lowest BCUT2D eigenvalue weighted by atomic mass is 9.70. The van der Waals surface area contributed by atoms with E-state index >= 15 is 0 Å². The second-order valence-corrected chi connectivity index (χ2v) is 12.0. The molecule has 3 aliphatic heterocycles. The number of piperidine rings is 3. The Hall–Kier alpha value is -1.06. The van der Waals surface area contributed by atoms with Crippen molar-refractivity contribution in [3.63, 3.8) is 0 Å². The minimum absolute atomic E-state index is 0.654. The fourth-order valence-corrected chi connectivity index (χ4v) is 7.83. The predicted octanol–water partition coefficient (Wildman–Crippen LogP) is 6.08. The molecule has 5 fully saturated rings. The van der Waals surface area contributed by atoms with Gasteiger partial charge in [-0.05, 0) is 113 Å². The van der Waals surface area contributed by atoms with Crippen molar-refractivity contribution in [3.05, 3.63) is 29.8 Å². The SMILES string of the molecule is c1cc(N2CCC3(CC2)CCN(C2CCC2)CC3)ccc1CN1CCCC2CCCCC21. The molecule has 0 amide bonds. The lowest BCUT2D eigenvalue weighted by molar-refractivity contribution is 0.0306. The number of hydrogen-bond acceptors (Lipinski definition) is 3. The summed E-state index contributed by atoms with van der Waals surface area (Å²) in [5.41, 5.74) is 3.64. The normalized spacial score (nSPS) is 31.9. The molecule has 5 aliphatic rings. The Labute approximate surface area is 196 Å². The van der Waals surface area contributed by atoms with Crippen LogP contribution in [0.15, 0.2) is 24.3 Å². The summed E-state index contributed by atoms with van der Waals surface area (Å²) in [5.74, 6) is 0.984. The van der Waals surface area contributed by atoms with E-state index in [4.69, 9.17) is 0 Å². The molecule has 0 bridgehead atoms. The average Bonchev–Trinajstić information content (AvgIpc) is 2.81. The van der Waals surface area contributed by atoms with Gasteiger partial charge in [0, 0.05) is 37.4 Å². The Balaban J connectivity index is 1.01. The topological polar surface area (TPSA) is 9.72 Å². The Morgan fingerprint density at radius 2 is 1.38 bits per heavy atom. The molecule has 176 valence electrons. The highest BCUT2D eigenvalue weighted by Gasteiger charge is 2.39. The monoisotopic (exact) mass is 435 g/mol. The first-order chi connectivity index (χ1) is 15.8. The predicted molar refractivity (Wildman–Crippen MR) is 134 cm³/mol. The lowest BCUT2D eigenvalue weighted by Gasteiger charge is -2.50. The quantitative estimate of drug-likeness (QED) is 0.568. The molecule has 2 atom stereocenters. The number of fused-ring (bicyclic) bond motifs is 1. The van der Waals surface area contributed by atoms with Crippen LogP contribution >= 0.6 is 0 Å². The van der Waals surface area contributed by atoms with Crippen LogP contribution in [0.3, 0.4) is 0 Å². The Bertz CT molecular complexity index is 734. The number of hydrogen-bond donors (Lipinski definition) is 0. The van der Waals surface area contributed by atoms with Crippen LogP contribution in [0.4, 0.5) is 5.69 Å². The van der Waals surface area contributed by atoms with Crippen molar-refractivity contribution < 1.29 is 0 Å². The lowest BCUT2D eigenvalue weighted by Crippen LogP contribution is -2.50. The van der Waals surface area contributed by atoms with E-state index in [2.05, 4.69) is 39.0 Å². The maximum atomic E-state index is 2.82. The molecule has 1 aromatic rings. The van der Waals surface area contributed by atoms with Crippen LogP contribution in [0.25, 0.3) is 0 Å². The van der Waals surface area contributed by atoms with Gasteiger partial charge < -0.3 is 9.80 Å². The molecule has 2 saturated carbocycles. The highest BCUT2D eigenvalue weighted by Crippen LogP contribution is 2.43. The Kier molecular flexibility index (Phi) is 6.24. The summed E-state index contributed by atoms with van der Waals surface area (Å²) in [4.78, 5) is 8.31. The molecule has 3 heterocycles. The molecule has 1 aromatic carbocycles. The average molecular weight is 436 g/mol. The van der Waals surface area contributed by atoms with E-state index in [0.29, 0.717) is 5.41 Å². The molecule has 3 saturated heterocycles. The Morgan fingerprint density at radius 3 is 2.09 bits per heavy atom. The zero-order chi connectivity index (χ0) is 21.4. The first-order valence-electron chi connectivity index (χ1n) is 14.1.